The summed E-state index contributed by atoms with van der Waals surface area (Å²) in [7, 11) is 8.59. The molecule has 1 unspecified atom stereocenters. The van der Waals surface area contributed by atoms with E-state index in [1.165, 1.54) is 30.5 Å². The molecule has 0 aromatic heterocycles. The molecule has 0 bridgehead atoms. The number of piperidine rings is 1. The van der Waals surface area contributed by atoms with Crippen LogP contribution in [0, 0.1) is 0 Å². The minimum absolute atomic E-state index is 0.674. The first kappa shape index (κ1) is 22.9. The Balaban J connectivity index is 2.65. The van der Waals surface area contributed by atoms with Crippen LogP contribution in [-0.2, 0) is 4.74 Å². The van der Waals surface area contributed by atoms with Gasteiger partial charge in [0.2, 0.25) is 0 Å². The van der Waals surface area contributed by atoms with E-state index in [-0.39, 0.29) is 0 Å². The number of hydrogen-bond donors (Lipinski definition) is 0. The molecule has 0 aromatic rings. The number of rotatable bonds is 10. The highest BCUT2D eigenvalue weighted by atomic mass is 16.5. The number of allylic oxidation sites excluding steroid dienone is 4. The van der Waals surface area contributed by atoms with Gasteiger partial charge in [-0.05, 0) is 86.4 Å². The van der Waals surface area contributed by atoms with E-state index in [2.05, 4.69) is 81.9 Å². The first-order valence-corrected chi connectivity index (χ1v) is 10.0. The van der Waals surface area contributed by atoms with Gasteiger partial charge in [-0.25, -0.2) is 0 Å². The third kappa shape index (κ3) is 9.02. The molecule has 1 saturated heterocycles. The van der Waals surface area contributed by atoms with Crippen molar-refractivity contribution < 1.29 is 4.74 Å². The van der Waals surface area contributed by atoms with E-state index in [0.29, 0.717) is 6.04 Å². The highest BCUT2D eigenvalue weighted by molar-refractivity contribution is 5.33. The van der Waals surface area contributed by atoms with Gasteiger partial charge in [0.25, 0.3) is 0 Å². The average Bonchev–Trinajstić information content (AvgIpc) is 2.61. The van der Waals surface area contributed by atoms with Gasteiger partial charge in [-0.2, -0.15) is 0 Å². The van der Waals surface area contributed by atoms with E-state index in [0.717, 1.165) is 38.4 Å². The van der Waals surface area contributed by atoms with E-state index >= 15 is 0 Å². The van der Waals surface area contributed by atoms with Crippen molar-refractivity contribution in [3.05, 3.63) is 35.1 Å². The van der Waals surface area contributed by atoms with Crippen LogP contribution in [0.25, 0.3) is 0 Å². The lowest BCUT2D eigenvalue weighted by Gasteiger charge is -2.36. The van der Waals surface area contributed by atoms with Crippen molar-refractivity contribution in [3.63, 3.8) is 0 Å². The van der Waals surface area contributed by atoms with Crippen molar-refractivity contribution in [2.75, 3.05) is 61.0 Å². The van der Waals surface area contributed by atoms with Gasteiger partial charge in [0, 0.05) is 25.7 Å². The van der Waals surface area contributed by atoms with Crippen LogP contribution < -0.4 is 0 Å². The summed E-state index contributed by atoms with van der Waals surface area (Å²) in [5.74, 6) is 0.995. The molecule has 0 aliphatic carbocycles. The van der Waals surface area contributed by atoms with Crippen molar-refractivity contribution >= 4 is 0 Å². The standard InChI is InChI=1S/C22H41N3O/c1-8-19(2)21(13-12-20(3)26-16-10-14-23(4)5)17-25-15-9-11-22(18-25)24(6)7/h8,12-13,22H,9-11,14-18H2,1-7H3/b19-8+,20-12+,21-13-. The van der Waals surface area contributed by atoms with Crippen LogP contribution in [0.3, 0.4) is 0 Å². The van der Waals surface area contributed by atoms with Gasteiger partial charge in [-0.15, -0.1) is 0 Å². The Morgan fingerprint density at radius 1 is 1.15 bits per heavy atom. The summed E-state index contributed by atoms with van der Waals surface area (Å²) in [6.07, 6.45) is 10.2. The minimum Gasteiger partial charge on any atom is -0.498 e. The Labute approximate surface area is 162 Å². The molecule has 1 heterocycles. The molecule has 1 rings (SSSR count). The molecule has 0 aromatic carbocycles. The zero-order valence-corrected chi connectivity index (χ0v) is 18.2. The van der Waals surface area contributed by atoms with Crippen molar-refractivity contribution in [3.8, 4) is 0 Å². The monoisotopic (exact) mass is 363 g/mol. The number of likely N-dealkylation sites (tertiary alicyclic amines) is 1. The summed E-state index contributed by atoms with van der Waals surface area (Å²) in [6.45, 7) is 11.6. The molecular formula is C22H41N3O. The molecule has 1 atom stereocenters. The number of nitrogens with zero attached hydrogens (tertiary/aromatic N) is 3. The summed E-state index contributed by atoms with van der Waals surface area (Å²) in [4.78, 5) is 7.15. The summed E-state index contributed by atoms with van der Waals surface area (Å²) in [6, 6.07) is 0.674. The maximum Gasteiger partial charge on any atom is 0.0928 e. The lowest BCUT2D eigenvalue weighted by Crippen LogP contribution is -2.45. The van der Waals surface area contributed by atoms with Crippen molar-refractivity contribution in [1.29, 1.82) is 0 Å². The Morgan fingerprint density at radius 2 is 1.88 bits per heavy atom. The Bertz CT molecular complexity index is 492. The molecule has 1 aliphatic rings. The molecular weight excluding hydrogens is 322 g/mol. The fraction of sp³-hybridized carbons (Fsp3) is 0.727. The van der Waals surface area contributed by atoms with Crippen LogP contribution in [0.5, 0.6) is 0 Å². The van der Waals surface area contributed by atoms with Crippen molar-refractivity contribution in [2.24, 2.45) is 0 Å². The van der Waals surface area contributed by atoms with Crippen LogP contribution in [0.4, 0.5) is 0 Å². The summed E-state index contributed by atoms with van der Waals surface area (Å²) >= 11 is 0. The fourth-order valence-electron chi connectivity index (χ4n) is 3.21. The quantitative estimate of drug-likeness (QED) is 0.334. The van der Waals surface area contributed by atoms with E-state index < -0.39 is 0 Å². The second-order valence-corrected chi connectivity index (χ2v) is 7.94. The molecule has 0 saturated carbocycles. The third-order valence-electron chi connectivity index (χ3n) is 5.14. The summed E-state index contributed by atoms with van der Waals surface area (Å²) in [5.41, 5.74) is 2.75. The van der Waals surface area contributed by atoms with Gasteiger partial charge < -0.3 is 14.5 Å². The van der Waals surface area contributed by atoms with Crippen LogP contribution in [0.15, 0.2) is 35.1 Å². The Kier molecular flexibility index (Phi) is 10.9. The van der Waals surface area contributed by atoms with Gasteiger partial charge in [-0.3, -0.25) is 4.90 Å². The zero-order chi connectivity index (χ0) is 19.5. The molecule has 1 fully saturated rings. The van der Waals surface area contributed by atoms with Crippen LogP contribution in [0.1, 0.15) is 40.0 Å². The van der Waals surface area contributed by atoms with Crippen molar-refractivity contribution in [1.82, 2.24) is 14.7 Å². The first-order valence-electron chi connectivity index (χ1n) is 10.0. The van der Waals surface area contributed by atoms with Gasteiger partial charge in [0.05, 0.1) is 12.4 Å². The maximum absolute atomic E-state index is 5.84. The highest BCUT2D eigenvalue weighted by Gasteiger charge is 2.21. The van der Waals surface area contributed by atoms with Crippen LogP contribution >= 0.6 is 0 Å². The maximum atomic E-state index is 5.84. The average molecular weight is 364 g/mol. The van der Waals surface area contributed by atoms with Gasteiger partial charge in [-0.1, -0.05) is 17.7 Å². The largest absolute Gasteiger partial charge is 0.498 e. The molecule has 26 heavy (non-hydrogen) atoms. The van der Waals surface area contributed by atoms with Crippen LogP contribution in [0.2, 0.25) is 0 Å². The predicted molar refractivity (Wildman–Crippen MR) is 114 cm³/mol. The SMILES string of the molecule is C/C=C(C)/C(=C\C=C(/C)OCCCN(C)C)CN1CCCC(N(C)C)C1. The van der Waals surface area contributed by atoms with E-state index in [9.17, 15) is 0 Å². The summed E-state index contributed by atoms with van der Waals surface area (Å²) < 4.78 is 5.84. The molecule has 1 aliphatic heterocycles. The summed E-state index contributed by atoms with van der Waals surface area (Å²) in [5, 5.41) is 0. The zero-order valence-electron chi connectivity index (χ0n) is 18.2. The second kappa shape index (κ2) is 12.3. The number of likely N-dealkylation sites (N-methyl/N-ethyl adjacent to an activating group) is 1. The number of ether oxygens (including phenoxy) is 1. The normalized spacial score (nSPS) is 21.0. The van der Waals surface area contributed by atoms with Crippen molar-refractivity contribution in [2.45, 2.75) is 46.1 Å². The Hall–Kier alpha value is -1.10. The minimum atomic E-state index is 0.674. The second-order valence-electron chi connectivity index (χ2n) is 7.94. The number of hydrogen-bond acceptors (Lipinski definition) is 4. The third-order valence-corrected chi connectivity index (χ3v) is 5.14. The Morgan fingerprint density at radius 3 is 2.50 bits per heavy atom. The molecule has 0 amide bonds. The molecule has 150 valence electrons. The lowest BCUT2D eigenvalue weighted by molar-refractivity contribution is 0.142. The van der Waals surface area contributed by atoms with Gasteiger partial charge in [0.1, 0.15) is 0 Å². The molecule has 0 N–H and O–H groups in total. The van der Waals surface area contributed by atoms with E-state index in [4.69, 9.17) is 4.74 Å². The van der Waals surface area contributed by atoms with Gasteiger partial charge in [0.15, 0.2) is 0 Å². The first-order chi connectivity index (χ1) is 12.3. The predicted octanol–water partition coefficient (Wildman–Crippen LogP) is 3.78. The molecule has 4 heteroatoms. The fourth-order valence-corrected chi connectivity index (χ4v) is 3.21. The molecule has 0 radical (unpaired) electrons. The highest BCUT2D eigenvalue weighted by Crippen LogP contribution is 2.18. The molecule has 0 spiro atoms. The van der Waals surface area contributed by atoms with Crippen LogP contribution in [-0.4, -0.2) is 81.7 Å². The lowest BCUT2D eigenvalue weighted by atomic mass is 10.0. The topological polar surface area (TPSA) is 19.0 Å². The smallest absolute Gasteiger partial charge is 0.0928 e. The van der Waals surface area contributed by atoms with E-state index in [1.54, 1.807) is 0 Å². The van der Waals surface area contributed by atoms with Gasteiger partial charge >= 0.3 is 0 Å². The van der Waals surface area contributed by atoms with E-state index in [1.807, 2.05) is 0 Å². The molecule has 4 nitrogen and oxygen atoms in total.